The molecule has 4 aromatic carbocycles. The van der Waals surface area contributed by atoms with Crippen LogP contribution in [0.3, 0.4) is 0 Å². The Morgan fingerprint density at radius 1 is 0.371 bits per heavy atom. The molecule has 0 unspecified atom stereocenters. The van der Waals surface area contributed by atoms with E-state index in [-0.39, 0.29) is 55.0 Å². The van der Waals surface area contributed by atoms with Gasteiger partial charge in [-0.15, -0.1) is 11.3 Å². The smallest absolute Gasteiger partial charge is 0.265 e. The molecular weight excluding hydrogens is 1880 g/mol. The highest BCUT2D eigenvalue weighted by atomic mass is 35.5. The molecule has 18 rings (SSSR count). The number of carbonyl (C=O) groups excluding carboxylic acids is 5. The highest BCUT2D eigenvalue weighted by Crippen LogP contribution is 2.37. The Kier molecular flexibility index (Phi) is 36.2. The number of imidazole rings is 5. The average molecular weight is 2000 g/mol. The van der Waals surface area contributed by atoms with Gasteiger partial charge in [-0.25, -0.2) is 89.4 Å². The van der Waals surface area contributed by atoms with Crippen molar-refractivity contribution in [2.75, 3.05) is 32.7 Å². The number of rotatable bonds is 38. The van der Waals surface area contributed by atoms with E-state index in [4.69, 9.17) is 21.6 Å². The number of halogens is 10. The van der Waals surface area contributed by atoms with Gasteiger partial charge in [-0.1, -0.05) is 112 Å². The zero-order chi connectivity index (χ0) is 102. The Bertz CT molecular complexity index is 6840. The third-order valence-corrected chi connectivity index (χ3v) is 25.9. The van der Waals surface area contributed by atoms with Gasteiger partial charge >= 0.3 is 0 Å². The van der Waals surface area contributed by atoms with Gasteiger partial charge in [-0.3, -0.25) is 24.0 Å². The second-order valence-corrected chi connectivity index (χ2v) is 39.0. The summed E-state index contributed by atoms with van der Waals surface area (Å²) in [4.78, 5) is 119. The molecule has 0 N–H and O–H groups in total. The molecule has 3 saturated carbocycles. The van der Waals surface area contributed by atoms with Crippen LogP contribution in [0.15, 0.2) is 170 Å². The summed E-state index contributed by atoms with van der Waals surface area (Å²) in [6.07, 6.45) is 21.5. The van der Waals surface area contributed by atoms with Crippen LogP contribution < -0.4 is 0 Å². The maximum atomic E-state index is 14.3. The topological polar surface area (TPSA) is 255 Å². The molecule has 0 saturated heterocycles. The van der Waals surface area contributed by atoms with Crippen LogP contribution in [0.2, 0.25) is 5.02 Å². The number of aromatic nitrogens is 15. The highest BCUT2D eigenvalue weighted by molar-refractivity contribution is 7.12. The Morgan fingerprint density at radius 3 is 1.19 bits per heavy atom. The van der Waals surface area contributed by atoms with Gasteiger partial charge in [0, 0.05) is 109 Å². The fourth-order valence-electron chi connectivity index (χ4n) is 16.8. The van der Waals surface area contributed by atoms with E-state index in [1.54, 1.807) is 64.9 Å². The second-order valence-electron chi connectivity index (χ2n) is 37.7. The number of nitrogens with zero attached hydrogens (tertiary/aromatic N) is 20. The van der Waals surface area contributed by atoms with Crippen LogP contribution in [-0.2, 0) is 65.4 Å². The Labute approximate surface area is 834 Å². The van der Waals surface area contributed by atoms with E-state index in [1.165, 1.54) is 58.2 Å². The van der Waals surface area contributed by atoms with Gasteiger partial charge in [-0.05, 0) is 215 Å². The van der Waals surface area contributed by atoms with Crippen LogP contribution in [0.4, 0.5) is 39.5 Å². The normalized spacial score (nSPS) is 12.9. The van der Waals surface area contributed by atoms with E-state index in [1.807, 2.05) is 106 Å². The molecule has 0 atom stereocenters. The number of hydrogen-bond acceptors (Lipinski definition) is 16. The number of amides is 5. The predicted octanol–water partition coefficient (Wildman–Crippen LogP) is 23.3. The van der Waals surface area contributed by atoms with Crippen molar-refractivity contribution in [3.63, 3.8) is 0 Å². The van der Waals surface area contributed by atoms with Gasteiger partial charge in [-0.2, -0.15) is 0 Å². The number of thiophene rings is 1. The highest BCUT2D eigenvalue weighted by Gasteiger charge is 2.35. The molecule has 15 aromatic rings. The first kappa shape index (κ1) is 105. The Balaban J connectivity index is 0.000000142. The third kappa shape index (κ3) is 26.8. The van der Waals surface area contributed by atoms with E-state index >= 15 is 0 Å². The molecule has 25 nitrogen and oxygen atoms in total. The van der Waals surface area contributed by atoms with Crippen molar-refractivity contribution in [1.82, 2.24) is 97.2 Å². The van der Waals surface area contributed by atoms with Gasteiger partial charge < -0.3 is 47.3 Å². The molecule has 3 aliphatic rings. The van der Waals surface area contributed by atoms with Crippen LogP contribution in [-0.4, -0.2) is 159 Å². The molecule has 754 valence electrons. The minimum atomic E-state index is -1.47. The van der Waals surface area contributed by atoms with Crippen LogP contribution >= 0.6 is 22.9 Å². The van der Waals surface area contributed by atoms with Crippen molar-refractivity contribution in [3.05, 3.63) is 283 Å². The van der Waals surface area contributed by atoms with Crippen molar-refractivity contribution >= 4 is 108 Å². The van der Waals surface area contributed by atoms with Crippen molar-refractivity contribution in [3.8, 4) is 0 Å². The standard InChI is InChI=1S/2C22H23F3N4O.C22H26F2N4O.C21H25FN4O.C20H23ClN4OS/c1-13(2)10-28(22(30)19-15(23)7-8-16(24)20(19)25)12-18-27-17-4-3-9-26-21(17)29(18)11-14-5-6-14;1-2-3-9-28(22(30)20-16(24)10-15(23)11-17(20)25)13-19-27-18-5-4-8-26-21(18)29(19)12-14-6-7-14;1-4-12-28-19(26-18-9-6-11-25-21(18)28)14-27(13-10-15(2)3)22(29)16-7-5-8-17(23)20(16)24;1-4-12-25(21(27)16-8-5-6-9-17(16)22)14-19-24-18-10-7-11-23-20(18)26(19)13-15(2)3;1-2-3-10-24(20(26)18-15(21)8-11-27-18)13-17-23-16-5-4-9-22-19(16)25(17)12-14-6-7-14/h3-4,7-9,13-14H,5-6,10-12H2,1-2H3;4-5,8,10-11,14H,2-3,6-7,9,12-13H2,1H3;5-9,11,15H,4,10,12-14H2,1-3H3;5-11,15H,4,12-14H2,1-3H3;4-5,8-9,11,14H,2-3,6-7,10,12-13H2,1H3. The molecular formula is C107H120ClF9N20O5S. The maximum Gasteiger partial charge on any atom is 0.265 e. The van der Waals surface area contributed by atoms with E-state index in [0.29, 0.717) is 133 Å². The van der Waals surface area contributed by atoms with E-state index < -0.39 is 81.2 Å². The lowest BCUT2D eigenvalue weighted by Crippen LogP contribution is -2.36. The summed E-state index contributed by atoms with van der Waals surface area (Å²) in [6, 6.07) is 32.7. The molecule has 11 heterocycles. The number of unbranched alkanes of at least 4 members (excludes halogenated alkanes) is 2. The number of carbonyl (C=O) groups is 5. The Hall–Kier alpha value is -13.3. The molecule has 11 aromatic heterocycles. The summed E-state index contributed by atoms with van der Waals surface area (Å²) < 4.78 is 136. The summed E-state index contributed by atoms with van der Waals surface area (Å²) in [5, 5.41) is 2.39. The first-order chi connectivity index (χ1) is 68.9. The lowest BCUT2D eigenvalue weighted by molar-refractivity contribution is 0.0700. The van der Waals surface area contributed by atoms with Crippen molar-refractivity contribution in [2.45, 2.75) is 218 Å². The lowest BCUT2D eigenvalue weighted by atomic mass is 10.1. The van der Waals surface area contributed by atoms with Crippen molar-refractivity contribution < 1.29 is 63.5 Å². The van der Waals surface area contributed by atoms with Crippen molar-refractivity contribution in [2.24, 2.45) is 35.5 Å². The molecule has 3 fully saturated rings. The zero-order valence-electron chi connectivity index (χ0n) is 82.1. The molecule has 0 radical (unpaired) electrons. The van der Waals surface area contributed by atoms with E-state index in [2.05, 4.69) is 90.5 Å². The summed E-state index contributed by atoms with van der Waals surface area (Å²) >= 11 is 7.62. The largest absolute Gasteiger partial charge is 0.331 e. The third-order valence-electron chi connectivity index (χ3n) is 24.6. The second kappa shape index (κ2) is 49.1. The van der Waals surface area contributed by atoms with Crippen LogP contribution in [0.25, 0.3) is 55.8 Å². The maximum absolute atomic E-state index is 14.3. The molecule has 36 heteroatoms. The molecule has 3 aliphatic carbocycles. The molecule has 5 amide bonds. The van der Waals surface area contributed by atoms with Crippen molar-refractivity contribution in [1.29, 1.82) is 0 Å². The summed E-state index contributed by atoms with van der Waals surface area (Å²) in [6.45, 7) is 27.6. The fourth-order valence-corrected chi connectivity index (χ4v) is 17.9. The van der Waals surface area contributed by atoms with Gasteiger partial charge in [0.05, 0.1) is 48.9 Å². The molecule has 143 heavy (non-hydrogen) atoms. The van der Waals surface area contributed by atoms with Crippen LogP contribution in [0.1, 0.15) is 233 Å². The van der Waals surface area contributed by atoms with Gasteiger partial charge in [0.1, 0.15) is 102 Å². The van der Waals surface area contributed by atoms with Crippen LogP contribution in [0, 0.1) is 87.9 Å². The predicted molar refractivity (Wildman–Crippen MR) is 534 cm³/mol. The first-order valence-corrected chi connectivity index (χ1v) is 50.3. The fraction of sp³-hybridized carbons (Fsp3) is 0.411. The van der Waals surface area contributed by atoms with Gasteiger partial charge in [0.2, 0.25) is 0 Å². The van der Waals surface area contributed by atoms with E-state index in [9.17, 15) is 63.5 Å². The molecule has 0 bridgehead atoms. The summed E-state index contributed by atoms with van der Waals surface area (Å²) in [5.74, 6) is -6.28. The summed E-state index contributed by atoms with van der Waals surface area (Å²) in [7, 11) is 0. The minimum absolute atomic E-state index is 0.0126. The molecule has 0 aliphatic heterocycles. The number of benzene rings is 4. The number of hydrogen-bond donors (Lipinski definition) is 0. The Morgan fingerprint density at radius 2 is 0.762 bits per heavy atom. The minimum Gasteiger partial charge on any atom is -0.331 e. The van der Waals surface area contributed by atoms with Gasteiger partial charge in [0.15, 0.2) is 51.5 Å². The quantitative estimate of drug-likeness (QED) is 0.0257. The van der Waals surface area contributed by atoms with E-state index in [0.717, 1.165) is 164 Å². The zero-order valence-corrected chi connectivity index (χ0v) is 83.7. The van der Waals surface area contributed by atoms with Crippen LogP contribution in [0.5, 0.6) is 0 Å². The number of fused-ring (bicyclic) bond motifs is 5. The average Bonchev–Trinajstić information content (AvgIpc) is 1.65. The lowest BCUT2D eigenvalue weighted by Gasteiger charge is -2.25. The number of pyridine rings is 5. The SMILES string of the molecule is CC(C)CN(Cc1nc2cccnc2n1CC1CC1)C(=O)c1c(F)ccc(F)c1F.CCCCN(Cc1nc2cccnc2n1CC1CC1)C(=O)c1c(F)cc(F)cc1F.CCCCN(Cc1nc2cccnc2n1CC1CC1)C(=O)c1sccc1Cl.CCCN(Cc1nc2cccnc2n1CC(C)C)C(=O)c1ccccc1F.CCCn1c(CN(CCC(C)C)C(=O)c2cccc(F)c2F)nc2cccnc21. The number of aryl methyl sites for hydroxylation is 1. The summed E-state index contributed by atoms with van der Waals surface area (Å²) in [5.41, 5.74) is 6.04. The first-order valence-electron chi connectivity index (χ1n) is 49.1. The monoisotopic (exact) mass is 2000 g/mol. The molecule has 0 spiro atoms. The van der Waals surface area contributed by atoms with Gasteiger partial charge in [0.25, 0.3) is 29.5 Å².